The van der Waals surface area contributed by atoms with Crippen molar-refractivity contribution in [1.29, 1.82) is 0 Å². The number of hydrogen-bond donors (Lipinski definition) is 1. The van der Waals surface area contributed by atoms with Crippen molar-refractivity contribution in [2.24, 2.45) is 0 Å². The van der Waals surface area contributed by atoms with Crippen LogP contribution in [-0.2, 0) is 10.1 Å². The van der Waals surface area contributed by atoms with E-state index in [9.17, 15) is 13.5 Å². The molecule has 0 fully saturated rings. The molecule has 14 heavy (non-hydrogen) atoms. The minimum absolute atomic E-state index is 0. The van der Waals surface area contributed by atoms with Crippen molar-refractivity contribution in [2.75, 3.05) is 7.11 Å². The molecule has 1 aromatic rings. The van der Waals surface area contributed by atoms with Crippen LogP contribution in [0.15, 0.2) is 23.1 Å². The molecule has 0 saturated carbocycles. The molecular weight excluding hydrogens is 219 g/mol. The summed E-state index contributed by atoms with van der Waals surface area (Å²) < 4.78 is 34.7. The third-order valence-electron chi connectivity index (χ3n) is 1.41. The molecule has 0 unspecified atom stereocenters. The van der Waals surface area contributed by atoms with Gasteiger partial charge in [0.2, 0.25) is 0 Å². The van der Waals surface area contributed by atoms with Gasteiger partial charge in [0.15, 0.2) is 0 Å². The fourth-order valence-electron chi connectivity index (χ4n) is 0.859. The molecule has 5 nitrogen and oxygen atoms in total. The molecule has 1 N–H and O–H groups in total. The van der Waals surface area contributed by atoms with Gasteiger partial charge in [-0.3, -0.25) is 4.55 Å². The van der Waals surface area contributed by atoms with E-state index in [0.29, 0.717) is 0 Å². The van der Waals surface area contributed by atoms with Crippen LogP contribution in [0.4, 0.5) is 0 Å². The number of benzene rings is 1. The molecule has 0 aliphatic rings. The standard InChI is InChI=1S/C7H8O5S.Na/c1-12-6-3-2-5(8)4-7(6)13(9,10)11;/h2-4,8H,1H3,(H,9,10,11);/q;+1/p-1. The van der Waals surface area contributed by atoms with Crippen LogP contribution in [0.2, 0.25) is 0 Å². The molecule has 0 bridgehead atoms. The van der Waals surface area contributed by atoms with Crippen LogP contribution in [0.5, 0.6) is 11.5 Å². The molecule has 0 aliphatic carbocycles. The molecule has 1 rings (SSSR count). The Morgan fingerprint density at radius 1 is 1.43 bits per heavy atom. The van der Waals surface area contributed by atoms with Gasteiger partial charge in [0.05, 0.1) is 7.11 Å². The molecule has 1 aromatic carbocycles. The minimum Gasteiger partial charge on any atom is -0.872 e. The van der Waals surface area contributed by atoms with Crippen molar-refractivity contribution in [2.45, 2.75) is 4.90 Å². The molecule has 0 radical (unpaired) electrons. The predicted octanol–water partition coefficient (Wildman–Crippen LogP) is -2.98. The van der Waals surface area contributed by atoms with E-state index in [1.54, 1.807) is 0 Å². The average Bonchev–Trinajstić information content (AvgIpc) is 2.03. The second-order valence-electron chi connectivity index (χ2n) is 2.29. The smallest absolute Gasteiger partial charge is 0.872 e. The van der Waals surface area contributed by atoms with Crippen LogP contribution in [0.25, 0.3) is 0 Å². The van der Waals surface area contributed by atoms with Crippen LogP contribution in [0.1, 0.15) is 0 Å². The third-order valence-corrected chi connectivity index (χ3v) is 2.29. The van der Waals surface area contributed by atoms with Gasteiger partial charge in [-0.1, -0.05) is 6.07 Å². The van der Waals surface area contributed by atoms with Crippen molar-refractivity contribution >= 4 is 10.1 Å². The summed E-state index contributed by atoms with van der Waals surface area (Å²) >= 11 is 0. The zero-order valence-corrected chi connectivity index (χ0v) is 10.5. The van der Waals surface area contributed by atoms with E-state index in [-0.39, 0.29) is 35.3 Å². The molecule has 0 aliphatic heterocycles. The van der Waals surface area contributed by atoms with Crippen molar-refractivity contribution < 1.29 is 52.4 Å². The zero-order chi connectivity index (χ0) is 10.1. The van der Waals surface area contributed by atoms with Gasteiger partial charge in [0.1, 0.15) is 10.6 Å². The molecule has 0 saturated heterocycles. The number of methoxy groups -OCH3 is 1. The Labute approximate surface area is 104 Å². The normalized spacial score (nSPS) is 10.4. The van der Waals surface area contributed by atoms with Crippen LogP contribution in [0, 0.1) is 0 Å². The van der Waals surface area contributed by atoms with E-state index in [4.69, 9.17) is 4.55 Å². The first-order valence-corrected chi connectivity index (χ1v) is 4.71. The van der Waals surface area contributed by atoms with Gasteiger partial charge in [-0.05, 0) is 12.1 Å². The maximum Gasteiger partial charge on any atom is 1.00 e. The predicted molar refractivity (Wildman–Crippen MR) is 42.3 cm³/mol. The summed E-state index contributed by atoms with van der Waals surface area (Å²) in [7, 11) is -3.15. The molecule has 0 amide bonds. The Bertz CT molecular complexity index is 414. The second-order valence-corrected chi connectivity index (χ2v) is 3.68. The van der Waals surface area contributed by atoms with Crippen molar-refractivity contribution in [3.05, 3.63) is 18.2 Å². The Hall–Kier alpha value is -0.270. The summed E-state index contributed by atoms with van der Waals surface area (Å²) in [5.41, 5.74) is 0. The Balaban J connectivity index is 0.00000169. The van der Waals surface area contributed by atoms with Crippen molar-refractivity contribution in [3.8, 4) is 11.5 Å². The SMILES string of the molecule is COc1ccc([O-])cc1S(=O)(=O)O.[Na+]. The largest absolute Gasteiger partial charge is 1.00 e. The Morgan fingerprint density at radius 2 is 2.00 bits per heavy atom. The molecule has 0 heterocycles. The maximum absolute atomic E-state index is 10.8. The molecule has 72 valence electrons. The van der Waals surface area contributed by atoms with Gasteiger partial charge in [0, 0.05) is 0 Å². The van der Waals surface area contributed by atoms with Crippen molar-refractivity contribution in [3.63, 3.8) is 0 Å². The Morgan fingerprint density at radius 3 is 2.43 bits per heavy atom. The first-order chi connectivity index (χ1) is 5.95. The first kappa shape index (κ1) is 13.7. The fourth-order valence-corrected chi connectivity index (χ4v) is 1.53. The van der Waals surface area contributed by atoms with Crippen LogP contribution < -0.4 is 39.4 Å². The van der Waals surface area contributed by atoms with E-state index in [2.05, 4.69) is 4.74 Å². The summed E-state index contributed by atoms with van der Waals surface area (Å²) in [4.78, 5) is -0.512. The summed E-state index contributed by atoms with van der Waals surface area (Å²) in [6.45, 7) is 0. The monoisotopic (exact) mass is 226 g/mol. The van der Waals surface area contributed by atoms with Gasteiger partial charge >= 0.3 is 29.6 Å². The zero-order valence-electron chi connectivity index (χ0n) is 7.72. The molecular formula is C7H7NaO5S. The summed E-state index contributed by atoms with van der Waals surface area (Å²) in [6.07, 6.45) is 0. The van der Waals surface area contributed by atoms with E-state index in [1.807, 2.05) is 0 Å². The topological polar surface area (TPSA) is 86.7 Å². The maximum atomic E-state index is 10.8. The van der Waals surface area contributed by atoms with Gasteiger partial charge < -0.3 is 9.84 Å². The quantitative estimate of drug-likeness (QED) is 0.429. The van der Waals surface area contributed by atoms with E-state index in [0.717, 1.165) is 12.1 Å². The van der Waals surface area contributed by atoms with Gasteiger partial charge in [-0.15, -0.1) is 5.75 Å². The van der Waals surface area contributed by atoms with Crippen LogP contribution in [0.3, 0.4) is 0 Å². The first-order valence-electron chi connectivity index (χ1n) is 3.27. The summed E-state index contributed by atoms with van der Waals surface area (Å²) in [5, 5.41) is 10.8. The number of rotatable bonds is 2. The van der Waals surface area contributed by atoms with E-state index < -0.39 is 20.8 Å². The average molecular weight is 226 g/mol. The van der Waals surface area contributed by atoms with Crippen LogP contribution >= 0.6 is 0 Å². The molecule has 7 heteroatoms. The van der Waals surface area contributed by atoms with Gasteiger partial charge in [-0.25, -0.2) is 0 Å². The van der Waals surface area contributed by atoms with Gasteiger partial charge in [0.25, 0.3) is 10.1 Å². The van der Waals surface area contributed by atoms with E-state index >= 15 is 0 Å². The van der Waals surface area contributed by atoms with E-state index in [1.165, 1.54) is 13.2 Å². The van der Waals surface area contributed by atoms with Gasteiger partial charge in [-0.2, -0.15) is 8.42 Å². The Kier molecular flexibility index (Phi) is 4.90. The third kappa shape index (κ3) is 3.14. The molecule has 0 atom stereocenters. The van der Waals surface area contributed by atoms with Crippen molar-refractivity contribution in [1.82, 2.24) is 0 Å². The summed E-state index contributed by atoms with van der Waals surface area (Å²) in [5.74, 6) is -0.560. The molecule has 0 spiro atoms. The summed E-state index contributed by atoms with van der Waals surface area (Å²) in [6, 6.07) is 3.13. The van der Waals surface area contributed by atoms with Crippen LogP contribution in [-0.4, -0.2) is 20.1 Å². The molecule has 0 aromatic heterocycles. The minimum atomic E-state index is -4.39. The second kappa shape index (κ2) is 4.99. The fraction of sp³-hybridized carbons (Fsp3) is 0.143. The number of ether oxygens (including phenoxy) is 1. The number of hydrogen-bond acceptors (Lipinski definition) is 4.